The fourth-order valence-corrected chi connectivity index (χ4v) is 3.87. The van der Waals surface area contributed by atoms with Crippen molar-refractivity contribution in [3.63, 3.8) is 0 Å². The van der Waals surface area contributed by atoms with Crippen molar-refractivity contribution in [1.82, 2.24) is 9.55 Å². The zero-order valence-electron chi connectivity index (χ0n) is 13.2. The van der Waals surface area contributed by atoms with Crippen LogP contribution in [0.15, 0.2) is 46.8 Å². The van der Waals surface area contributed by atoms with Crippen molar-refractivity contribution in [2.24, 2.45) is 0 Å². The molecule has 2 aromatic heterocycles. The van der Waals surface area contributed by atoms with Gasteiger partial charge in [0.05, 0.1) is 9.77 Å². The Morgan fingerprint density at radius 1 is 1.12 bits per heavy atom. The van der Waals surface area contributed by atoms with Gasteiger partial charge in [0.15, 0.2) is 21.4 Å². The van der Waals surface area contributed by atoms with Gasteiger partial charge in [-0.2, -0.15) is 13.2 Å². The summed E-state index contributed by atoms with van der Waals surface area (Å²) in [4.78, 5) is 4.49. The maximum Gasteiger partial charge on any atom is 0.434 e. The van der Waals surface area contributed by atoms with E-state index in [-0.39, 0.29) is 10.7 Å². The number of thiophene rings is 1. The first-order valence-corrected chi connectivity index (χ1v) is 9.86. The van der Waals surface area contributed by atoms with Crippen LogP contribution in [0.1, 0.15) is 11.3 Å². The normalized spacial score (nSPS) is 12.5. The molecule has 9 heteroatoms. The van der Waals surface area contributed by atoms with Crippen LogP contribution < -0.4 is 0 Å². The van der Waals surface area contributed by atoms with Crippen LogP contribution in [0.4, 0.5) is 13.2 Å². The van der Waals surface area contributed by atoms with E-state index in [1.165, 1.54) is 40.2 Å². The lowest BCUT2D eigenvalue weighted by molar-refractivity contribution is -0.140. The Hall–Kier alpha value is -2.13. The molecule has 3 rings (SSSR count). The van der Waals surface area contributed by atoms with Crippen molar-refractivity contribution in [2.45, 2.75) is 18.0 Å². The van der Waals surface area contributed by atoms with Gasteiger partial charge in [0, 0.05) is 18.1 Å². The summed E-state index contributed by atoms with van der Waals surface area (Å²) in [6.07, 6.45) is -2.58. The molecule has 0 atom stereocenters. The average Bonchev–Trinajstić information content (AvgIpc) is 3.11. The van der Waals surface area contributed by atoms with E-state index < -0.39 is 21.7 Å². The second kappa shape index (κ2) is 5.99. The number of hydrogen-bond acceptors (Lipinski definition) is 4. The van der Waals surface area contributed by atoms with E-state index in [2.05, 4.69) is 4.98 Å². The number of aromatic nitrogens is 2. The minimum atomic E-state index is -4.57. The van der Waals surface area contributed by atoms with Gasteiger partial charge < -0.3 is 0 Å². The molecule has 132 valence electrons. The predicted molar refractivity (Wildman–Crippen MR) is 89.7 cm³/mol. The molecular formula is C16H13F3N2O2S2. The Morgan fingerprint density at radius 3 is 2.24 bits per heavy atom. The van der Waals surface area contributed by atoms with E-state index in [9.17, 15) is 21.6 Å². The lowest BCUT2D eigenvalue weighted by Crippen LogP contribution is -2.05. The second-order valence-corrected chi connectivity index (χ2v) is 8.45. The first-order chi connectivity index (χ1) is 11.6. The zero-order chi connectivity index (χ0) is 18.4. The summed E-state index contributed by atoms with van der Waals surface area (Å²) in [6, 6.07) is 7.46. The fourth-order valence-electron chi connectivity index (χ4n) is 2.33. The van der Waals surface area contributed by atoms with Gasteiger partial charge in [-0.25, -0.2) is 13.4 Å². The summed E-state index contributed by atoms with van der Waals surface area (Å²) >= 11 is 1.30. The van der Waals surface area contributed by atoms with Gasteiger partial charge in [-0.3, -0.25) is 4.57 Å². The van der Waals surface area contributed by atoms with Gasteiger partial charge in [0.25, 0.3) is 0 Å². The molecule has 0 saturated heterocycles. The Kier molecular flexibility index (Phi) is 4.24. The summed E-state index contributed by atoms with van der Waals surface area (Å²) in [5, 5.41) is 1.78. The van der Waals surface area contributed by atoms with E-state index >= 15 is 0 Å². The molecule has 0 aliphatic heterocycles. The third kappa shape index (κ3) is 3.47. The number of nitrogens with zero attached hydrogens (tertiary/aromatic N) is 2. The number of hydrogen-bond donors (Lipinski definition) is 0. The van der Waals surface area contributed by atoms with Crippen LogP contribution >= 0.6 is 11.3 Å². The van der Waals surface area contributed by atoms with Crippen molar-refractivity contribution in [1.29, 1.82) is 0 Å². The molecule has 0 fully saturated rings. The van der Waals surface area contributed by atoms with Crippen molar-refractivity contribution in [2.75, 3.05) is 6.26 Å². The number of halogens is 3. The molecule has 3 aromatic rings. The highest BCUT2D eigenvalue weighted by molar-refractivity contribution is 7.90. The van der Waals surface area contributed by atoms with E-state index in [0.29, 0.717) is 10.6 Å². The lowest BCUT2D eigenvalue weighted by Gasteiger charge is -2.08. The van der Waals surface area contributed by atoms with Gasteiger partial charge in [0.1, 0.15) is 0 Å². The molecular weight excluding hydrogens is 373 g/mol. The van der Waals surface area contributed by atoms with Gasteiger partial charge in [-0.05, 0) is 48.2 Å². The molecule has 4 nitrogen and oxygen atoms in total. The van der Waals surface area contributed by atoms with Crippen molar-refractivity contribution in [3.8, 4) is 16.4 Å². The SMILES string of the molecule is Cc1ccsc1-c1nc(C(F)(F)F)cn1-c1ccc(S(C)(=O)=O)cc1. The molecule has 0 bridgehead atoms. The number of aryl methyl sites for hydroxylation is 1. The highest BCUT2D eigenvalue weighted by Gasteiger charge is 2.35. The molecule has 0 radical (unpaired) electrons. The Balaban J connectivity index is 2.18. The third-order valence-corrected chi connectivity index (χ3v) is 5.75. The van der Waals surface area contributed by atoms with Crippen LogP contribution in [-0.2, 0) is 16.0 Å². The van der Waals surface area contributed by atoms with Crippen LogP contribution in [0.5, 0.6) is 0 Å². The number of benzene rings is 1. The summed E-state index contributed by atoms with van der Waals surface area (Å²) in [7, 11) is -3.38. The van der Waals surface area contributed by atoms with Crippen molar-refractivity contribution >= 4 is 21.2 Å². The molecule has 2 heterocycles. The molecule has 0 amide bonds. The number of rotatable bonds is 3. The topological polar surface area (TPSA) is 52.0 Å². The number of alkyl halides is 3. The van der Waals surface area contributed by atoms with Crippen molar-refractivity contribution < 1.29 is 21.6 Å². The smallest absolute Gasteiger partial charge is 0.298 e. The van der Waals surface area contributed by atoms with Gasteiger partial charge in [0.2, 0.25) is 0 Å². The van der Waals surface area contributed by atoms with E-state index in [4.69, 9.17) is 0 Å². The highest BCUT2D eigenvalue weighted by atomic mass is 32.2. The Labute approximate surface area is 146 Å². The van der Waals surface area contributed by atoms with Gasteiger partial charge >= 0.3 is 6.18 Å². The third-order valence-electron chi connectivity index (χ3n) is 3.60. The van der Waals surface area contributed by atoms with E-state index in [1.54, 1.807) is 18.4 Å². The van der Waals surface area contributed by atoms with Gasteiger partial charge in [-0.15, -0.1) is 11.3 Å². The Morgan fingerprint density at radius 2 is 1.76 bits per heavy atom. The molecule has 0 aliphatic rings. The molecule has 1 aromatic carbocycles. The average molecular weight is 386 g/mol. The molecule has 0 saturated carbocycles. The minimum Gasteiger partial charge on any atom is -0.298 e. The summed E-state index contributed by atoms with van der Waals surface area (Å²) in [6.45, 7) is 1.80. The molecule has 0 aliphatic carbocycles. The molecule has 0 unspecified atom stereocenters. The number of imidazole rings is 1. The summed E-state index contributed by atoms with van der Waals surface area (Å²) in [5.74, 6) is 0.173. The van der Waals surface area contributed by atoms with Gasteiger partial charge in [-0.1, -0.05) is 0 Å². The molecule has 0 N–H and O–H groups in total. The monoisotopic (exact) mass is 386 g/mol. The fraction of sp³-hybridized carbons (Fsp3) is 0.188. The maximum absolute atomic E-state index is 13.1. The standard InChI is InChI=1S/C16H13F3N2O2S2/c1-10-7-8-24-14(10)15-20-13(16(17,18)19)9-21(15)11-3-5-12(6-4-11)25(2,22)23/h3-9H,1-2H3. The van der Waals surface area contributed by atoms with E-state index in [0.717, 1.165) is 18.0 Å². The second-order valence-electron chi connectivity index (χ2n) is 5.52. The van der Waals surface area contributed by atoms with Crippen molar-refractivity contribution in [3.05, 3.63) is 53.2 Å². The lowest BCUT2D eigenvalue weighted by atomic mass is 10.2. The van der Waals surface area contributed by atoms with Crippen LogP contribution in [0.2, 0.25) is 0 Å². The highest BCUT2D eigenvalue weighted by Crippen LogP contribution is 2.35. The predicted octanol–water partition coefficient (Wildman–Crippen LogP) is 4.33. The minimum absolute atomic E-state index is 0.0984. The maximum atomic E-state index is 13.1. The largest absolute Gasteiger partial charge is 0.434 e. The summed E-state index contributed by atoms with van der Waals surface area (Å²) in [5.41, 5.74) is 0.221. The van der Waals surface area contributed by atoms with Crippen LogP contribution in [0, 0.1) is 6.92 Å². The van der Waals surface area contributed by atoms with E-state index in [1.807, 2.05) is 0 Å². The van der Waals surface area contributed by atoms with Crippen LogP contribution in [0.3, 0.4) is 0 Å². The molecule has 25 heavy (non-hydrogen) atoms. The first-order valence-electron chi connectivity index (χ1n) is 7.09. The zero-order valence-corrected chi connectivity index (χ0v) is 14.8. The number of sulfone groups is 1. The Bertz CT molecular complexity index is 1020. The summed E-state index contributed by atoms with van der Waals surface area (Å²) < 4.78 is 63.7. The van der Waals surface area contributed by atoms with Crippen LogP contribution in [0.25, 0.3) is 16.4 Å². The van der Waals surface area contributed by atoms with Crippen LogP contribution in [-0.4, -0.2) is 24.2 Å². The molecule has 0 spiro atoms. The quantitative estimate of drug-likeness (QED) is 0.673. The first kappa shape index (κ1) is 17.7.